The standard InChI is InChI=1S/C15H22O3/c1-4-14(17-3)15(16)12(2)10-18-11-13-8-6-5-7-9-13/h4-9,12,14-16H,1,10-11H2,2-3H3/t12-,14+,15-/m0/s1. The lowest BCUT2D eigenvalue weighted by Crippen LogP contribution is -2.34. The molecule has 0 aliphatic heterocycles. The molecule has 0 saturated heterocycles. The number of aliphatic hydroxyl groups excluding tert-OH is 1. The van der Waals surface area contributed by atoms with Crippen molar-refractivity contribution < 1.29 is 14.6 Å². The molecule has 0 fully saturated rings. The van der Waals surface area contributed by atoms with Crippen molar-refractivity contribution in [1.29, 1.82) is 0 Å². The highest BCUT2D eigenvalue weighted by Gasteiger charge is 2.22. The third-order valence-corrected chi connectivity index (χ3v) is 2.92. The van der Waals surface area contributed by atoms with Crippen molar-refractivity contribution in [1.82, 2.24) is 0 Å². The molecular formula is C15H22O3. The zero-order chi connectivity index (χ0) is 13.4. The fourth-order valence-electron chi connectivity index (χ4n) is 1.73. The Balaban J connectivity index is 2.32. The molecule has 0 unspecified atom stereocenters. The first-order valence-corrected chi connectivity index (χ1v) is 6.14. The molecule has 3 atom stereocenters. The van der Waals surface area contributed by atoms with E-state index in [4.69, 9.17) is 9.47 Å². The minimum Gasteiger partial charge on any atom is -0.390 e. The van der Waals surface area contributed by atoms with Gasteiger partial charge in [0, 0.05) is 13.0 Å². The summed E-state index contributed by atoms with van der Waals surface area (Å²) in [6.07, 6.45) is 0.668. The van der Waals surface area contributed by atoms with E-state index in [1.165, 1.54) is 0 Å². The van der Waals surface area contributed by atoms with Crippen LogP contribution in [0.3, 0.4) is 0 Å². The zero-order valence-electron chi connectivity index (χ0n) is 11.1. The van der Waals surface area contributed by atoms with E-state index in [1.807, 2.05) is 37.3 Å². The second-order valence-electron chi connectivity index (χ2n) is 4.40. The number of rotatable bonds is 8. The third kappa shape index (κ3) is 4.61. The molecule has 100 valence electrons. The molecule has 0 aliphatic rings. The summed E-state index contributed by atoms with van der Waals surface area (Å²) in [7, 11) is 1.56. The SMILES string of the molecule is C=C[C@@H](OC)[C@@H](O)[C@@H](C)COCc1ccccc1. The van der Waals surface area contributed by atoms with Crippen LogP contribution in [0.25, 0.3) is 0 Å². The van der Waals surface area contributed by atoms with Gasteiger partial charge in [-0.05, 0) is 5.56 Å². The Labute approximate surface area is 109 Å². The molecule has 1 aromatic carbocycles. The van der Waals surface area contributed by atoms with Gasteiger partial charge in [0.25, 0.3) is 0 Å². The molecule has 3 heteroatoms. The fraction of sp³-hybridized carbons (Fsp3) is 0.467. The van der Waals surface area contributed by atoms with Crippen LogP contribution in [0.2, 0.25) is 0 Å². The average molecular weight is 250 g/mol. The van der Waals surface area contributed by atoms with Crippen molar-refractivity contribution in [2.75, 3.05) is 13.7 Å². The summed E-state index contributed by atoms with van der Waals surface area (Å²) in [5.74, 6) is -0.00309. The second-order valence-corrected chi connectivity index (χ2v) is 4.40. The number of benzene rings is 1. The Hall–Kier alpha value is -1.16. The Bertz CT molecular complexity index is 337. The van der Waals surface area contributed by atoms with Crippen molar-refractivity contribution in [2.24, 2.45) is 5.92 Å². The van der Waals surface area contributed by atoms with Crippen LogP contribution in [-0.4, -0.2) is 31.0 Å². The van der Waals surface area contributed by atoms with Crippen LogP contribution in [0, 0.1) is 5.92 Å². The monoisotopic (exact) mass is 250 g/mol. The lowest BCUT2D eigenvalue weighted by molar-refractivity contribution is -0.0391. The number of hydrogen-bond donors (Lipinski definition) is 1. The van der Waals surface area contributed by atoms with E-state index in [0.717, 1.165) is 5.56 Å². The van der Waals surface area contributed by atoms with Crippen LogP contribution in [0.5, 0.6) is 0 Å². The first kappa shape index (κ1) is 14.9. The third-order valence-electron chi connectivity index (χ3n) is 2.92. The predicted octanol–water partition coefficient (Wildman–Crippen LogP) is 2.40. The van der Waals surface area contributed by atoms with Crippen molar-refractivity contribution in [3.05, 3.63) is 48.6 Å². The van der Waals surface area contributed by atoms with Crippen molar-refractivity contribution in [3.63, 3.8) is 0 Å². The largest absolute Gasteiger partial charge is 0.390 e. The van der Waals surface area contributed by atoms with Crippen LogP contribution in [-0.2, 0) is 16.1 Å². The van der Waals surface area contributed by atoms with Crippen LogP contribution < -0.4 is 0 Å². The van der Waals surface area contributed by atoms with Gasteiger partial charge in [0.15, 0.2) is 0 Å². The van der Waals surface area contributed by atoms with E-state index in [-0.39, 0.29) is 12.0 Å². The number of aliphatic hydroxyl groups is 1. The van der Waals surface area contributed by atoms with Crippen molar-refractivity contribution >= 4 is 0 Å². The van der Waals surface area contributed by atoms with Gasteiger partial charge in [-0.15, -0.1) is 6.58 Å². The Morgan fingerprint density at radius 3 is 2.56 bits per heavy atom. The molecule has 0 amide bonds. The lowest BCUT2D eigenvalue weighted by atomic mass is 10.0. The Kier molecular flexibility index (Phi) is 6.65. The smallest absolute Gasteiger partial charge is 0.101 e. The Morgan fingerprint density at radius 2 is 2.00 bits per heavy atom. The van der Waals surface area contributed by atoms with Gasteiger partial charge in [-0.2, -0.15) is 0 Å². The Morgan fingerprint density at radius 1 is 1.33 bits per heavy atom. The van der Waals surface area contributed by atoms with E-state index in [9.17, 15) is 5.11 Å². The van der Waals surface area contributed by atoms with Crippen LogP contribution in [0.4, 0.5) is 0 Å². The molecule has 0 heterocycles. The number of hydrogen-bond acceptors (Lipinski definition) is 3. The van der Waals surface area contributed by atoms with E-state index >= 15 is 0 Å². The van der Waals surface area contributed by atoms with Crippen LogP contribution in [0.15, 0.2) is 43.0 Å². The molecule has 1 aromatic rings. The first-order chi connectivity index (χ1) is 8.69. The van der Waals surface area contributed by atoms with E-state index in [0.29, 0.717) is 13.2 Å². The number of methoxy groups -OCH3 is 1. The maximum Gasteiger partial charge on any atom is 0.101 e. The van der Waals surface area contributed by atoms with Gasteiger partial charge >= 0.3 is 0 Å². The predicted molar refractivity (Wildman–Crippen MR) is 72.3 cm³/mol. The summed E-state index contributed by atoms with van der Waals surface area (Å²) >= 11 is 0. The van der Waals surface area contributed by atoms with Gasteiger partial charge in [-0.3, -0.25) is 0 Å². The molecule has 1 rings (SSSR count). The van der Waals surface area contributed by atoms with Gasteiger partial charge in [-0.1, -0.05) is 43.3 Å². The quantitative estimate of drug-likeness (QED) is 0.720. The summed E-state index contributed by atoms with van der Waals surface area (Å²) in [4.78, 5) is 0. The molecule has 3 nitrogen and oxygen atoms in total. The minimum absolute atomic E-state index is 0.00309. The summed E-state index contributed by atoms with van der Waals surface area (Å²) in [5, 5.41) is 10.00. The molecular weight excluding hydrogens is 228 g/mol. The van der Waals surface area contributed by atoms with E-state index in [1.54, 1.807) is 13.2 Å². The zero-order valence-corrected chi connectivity index (χ0v) is 11.1. The van der Waals surface area contributed by atoms with Gasteiger partial charge in [0.1, 0.15) is 6.10 Å². The molecule has 0 aliphatic carbocycles. The minimum atomic E-state index is -0.594. The summed E-state index contributed by atoms with van der Waals surface area (Å²) < 4.78 is 10.7. The highest BCUT2D eigenvalue weighted by atomic mass is 16.5. The molecule has 18 heavy (non-hydrogen) atoms. The normalized spacial score (nSPS) is 15.9. The summed E-state index contributed by atoms with van der Waals surface area (Å²) in [6.45, 7) is 6.62. The van der Waals surface area contributed by atoms with Gasteiger partial charge in [0.2, 0.25) is 0 Å². The average Bonchev–Trinajstić information content (AvgIpc) is 2.41. The van der Waals surface area contributed by atoms with Gasteiger partial charge < -0.3 is 14.6 Å². The highest BCUT2D eigenvalue weighted by molar-refractivity contribution is 5.13. The van der Waals surface area contributed by atoms with Gasteiger partial charge in [0.05, 0.1) is 19.3 Å². The maximum atomic E-state index is 10.00. The fourth-order valence-corrected chi connectivity index (χ4v) is 1.73. The second kappa shape index (κ2) is 8.03. The van der Waals surface area contributed by atoms with E-state index in [2.05, 4.69) is 6.58 Å². The number of ether oxygens (including phenoxy) is 2. The molecule has 0 radical (unpaired) electrons. The molecule has 0 bridgehead atoms. The highest BCUT2D eigenvalue weighted by Crippen LogP contribution is 2.12. The van der Waals surface area contributed by atoms with Crippen LogP contribution in [0.1, 0.15) is 12.5 Å². The molecule has 0 aromatic heterocycles. The summed E-state index contributed by atoms with van der Waals surface area (Å²) in [6, 6.07) is 9.97. The molecule has 1 N–H and O–H groups in total. The molecule has 0 spiro atoms. The lowest BCUT2D eigenvalue weighted by Gasteiger charge is -2.24. The first-order valence-electron chi connectivity index (χ1n) is 6.14. The summed E-state index contributed by atoms with van der Waals surface area (Å²) in [5.41, 5.74) is 1.13. The van der Waals surface area contributed by atoms with Crippen molar-refractivity contribution in [3.8, 4) is 0 Å². The van der Waals surface area contributed by atoms with Crippen LogP contribution >= 0.6 is 0 Å². The molecule has 0 saturated carbocycles. The maximum absolute atomic E-state index is 10.00. The van der Waals surface area contributed by atoms with Gasteiger partial charge in [-0.25, -0.2) is 0 Å². The van der Waals surface area contributed by atoms with Crippen molar-refractivity contribution in [2.45, 2.75) is 25.7 Å². The van der Waals surface area contributed by atoms with E-state index < -0.39 is 6.10 Å². The topological polar surface area (TPSA) is 38.7 Å².